The maximum atomic E-state index is 14.7. The Morgan fingerprint density at radius 1 is 1.19 bits per heavy atom. The Hall–Kier alpha value is -1.40. The predicted molar refractivity (Wildman–Crippen MR) is 102 cm³/mol. The average molecular weight is 379 g/mol. The number of sulfonamides is 1. The summed E-state index contributed by atoms with van der Waals surface area (Å²) in [7, 11) is -3.29. The highest BCUT2D eigenvalue weighted by molar-refractivity contribution is 7.90. The van der Waals surface area contributed by atoms with Crippen LogP contribution in [0.3, 0.4) is 0 Å². The Morgan fingerprint density at radius 3 is 2.46 bits per heavy atom. The molecule has 1 aromatic carbocycles. The van der Waals surface area contributed by atoms with Crippen LogP contribution in [0.5, 0.6) is 0 Å². The number of rotatable bonds is 7. The molecule has 0 spiro atoms. The van der Waals surface area contributed by atoms with Gasteiger partial charge in [-0.25, -0.2) is 17.5 Å². The third kappa shape index (κ3) is 3.41. The second-order valence-electron chi connectivity index (χ2n) is 8.38. The summed E-state index contributed by atoms with van der Waals surface area (Å²) in [5.41, 5.74) is 2.67. The van der Waals surface area contributed by atoms with Crippen LogP contribution in [-0.2, 0) is 16.6 Å². The molecule has 1 heterocycles. The molecule has 0 unspecified atom stereocenters. The van der Waals surface area contributed by atoms with Crippen LogP contribution in [0, 0.1) is 11.7 Å². The van der Waals surface area contributed by atoms with Crippen molar-refractivity contribution in [3.8, 4) is 0 Å². The van der Waals surface area contributed by atoms with Crippen LogP contribution in [-0.4, -0.2) is 18.2 Å². The number of nitrogens with zero attached hydrogens (tertiary/aromatic N) is 1. The first kappa shape index (κ1) is 18.0. The van der Waals surface area contributed by atoms with Crippen LogP contribution in [0.4, 0.5) is 4.39 Å². The van der Waals surface area contributed by atoms with Crippen molar-refractivity contribution in [3.05, 3.63) is 35.3 Å². The first-order valence-corrected chi connectivity index (χ1v) is 11.1. The van der Waals surface area contributed by atoms with E-state index >= 15 is 0 Å². The van der Waals surface area contributed by atoms with Crippen molar-refractivity contribution < 1.29 is 12.8 Å². The van der Waals surface area contributed by atoms with Gasteiger partial charge < -0.3 is 4.57 Å². The quantitative estimate of drug-likeness (QED) is 0.773. The molecule has 2 saturated carbocycles. The fourth-order valence-corrected chi connectivity index (χ4v) is 5.30. The monoisotopic (exact) mass is 378 g/mol. The van der Waals surface area contributed by atoms with E-state index < -0.39 is 10.0 Å². The number of hydrogen-bond donors (Lipinski definition) is 1. The zero-order valence-corrected chi connectivity index (χ0v) is 16.4. The van der Waals surface area contributed by atoms with Gasteiger partial charge in [0.2, 0.25) is 10.0 Å². The lowest BCUT2D eigenvalue weighted by atomic mass is 10.0. The average Bonchev–Trinajstić information content (AvgIpc) is 3.43. The Labute approximate surface area is 154 Å². The molecule has 2 fully saturated rings. The lowest BCUT2D eigenvalue weighted by Gasteiger charge is -2.13. The van der Waals surface area contributed by atoms with E-state index in [0.717, 1.165) is 54.3 Å². The molecule has 142 valence electrons. The van der Waals surface area contributed by atoms with Gasteiger partial charge in [0.25, 0.3) is 0 Å². The molecular formula is C20H27FN2O2S. The van der Waals surface area contributed by atoms with E-state index in [4.69, 9.17) is 0 Å². The summed E-state index contributed by atoms with van der Waals surface area (Å²) >= 11 is 0. The van der Waals surface area contributed by atoms with E-state index in [-0.39, 0.29) is 17.1 Å². The van der Waals surface area contributed by atoms with Gasteiger partial charge in [0.05, 0.1) is 5.25 Å². The molecule has 4 rings (SSSR count). The van der Waals surface area contributed by atoms with Crippen LogP contribution >= 0.6 is 0 Å². The molecule has 0 radical (unpaired) electrons. The van der Waals surface area contributed by atoms with Crippen molar-refractivity contribution in [2.75, 3.05) is 0 Å². The highest BCUT2D eigenvalue weighted by Crippen LogP contribution is 2.43. The van der Waals surface area contributed by atoms with E-state index in [2.05, 4.69) is 23.1 Å². The zero-order chi connectivity index (χ0) is 18.6. The van der Waals surface area contributed by atoms with Crippen LogP contribution in [0.15, 0.2) is 18.3 Å². The highest BCUT2D eigenvalue weighted by atomic mass is 32.2. The standard InChI is InChI=1S/C20H27FN2O2S/c1-12(2)10-23-11-18(13(3)22-26(24,25)15-6-7-15)17-8-19(21)16(9-20(17)23)14-4-5-14/h8-9,11-15,22H,4-7,10H2,1-3H3/t13-/m1/s1. The van der Waals surface area contributed by atoms with Crippen molar-refractivity contribution in [2.24, 2.45) is 5.92 Å². The normalized spacial score (nSPS) is 19.4. The van der Waals surface area contributed by atoms with Gasteiger partial charge in [-0.1, -0.05) is 13.8 Å². The summed E-state index contributed by atoms with van der Waals surface area (Å²) in [6.45, 7) is 6.97. The van der Waals surface area contributed by atoms with Crippen molar-refractivity contribution in [3.63, 3.8) is 0 Å². The van der Waals surface area contributed by atoms with Crippen LogP contribution in [0.1, 0.15) is 69.5 Å². The molecule has 6 heteroatoms. The number of aromatic nitrogens is 1. The first-order valence-electron chi connectivity index (χ1n) is 9.59. The Kier molecular flexibility index (Phi) is 4.39. The lowest BCUT2D eigenvalue weighted by Crippen LogP contribution is -2.29. The Morgan fingerprint density at radius 2 is 1.88 bits per heavy atom. The van der Waals surface area contributed by atoms with E-state index in [1.807, 2.05) is 19.2 Å². The molecule has 2 aliphatic carbocycles. The highest BCUT2D eigenvalue weighted by Gasteiger charge is 2.37. The van der Waals surface area contributed by atoms with Gasteiger partial charge in [0.15, 0.2) is 0 Å². The molecule has 26 heavy (non-hydrogen) atoms. The number of benzene rings is 1. The lowest BCUT2D eigenvalue weighted by molar-refractivity contribution is 0.531. The topological polar surface area (TPSA) is 51.1 Å². The molecule has 0 amide bonds. The van der Waals surface area contributed by atoms with Crippen LogP contribution in [0.2, 0.25) is 0 Å². The summed E-state index contributed by atoms with van der Waals surface area (Å²) in [6, 6.07) is 3.22. The Bertz CT molecular complexity index is 940. The van der Waals surface area contributed by atoms with Gasteiger partial charge in [0.1, 0.15) is 5.82 Å². The van der Waals surface area contributed by atoms with E-state index in [9.17, 15) is 12.8 Å². The summed E-state index contributed by atoms with van der Waals surface area (Å²) in [6.07, 6.45) is 5.57. The molecule has 1 N–H and O–H groups in total. The van der Waals surface area contributed by atoms with Crippen LogP contribution < -0.4 is 4.72 Å². The summed E-state index contributed by atoms with van der Waals surface area (Å²) in [4.78, 5) is 0. The van der Waals surface area contributed by atoms with Gasteiger partial charge in [-0.2, -0.15) is 0 Å². The third-order valence-corrected chi connectivity index (χ3v) is 7.41. The molecule has 2 aliphatic rings. The number of nitrogens with one attached hydrogen (secondary N) is 1. The van der Waals surface area contributed by atoms with E-state index in [1.165, 1.54) is 0 Å². The second kappa shape index (κ2) is 6.34. The molecular weight excluding hydrogens is 351 g/mol. The minimum atomic E-state index is -3.29. The van der Waals surface area contributed by atoms with Gasteiger partial charge in [-0.15, -0.1) is 0 Å². The Balaban J connectivity index is 1.76. The fourth-order valence-electron chi connectivity index (χ4n) is 3.73. The van der Waals surface area contributed by atoms with Crippen molar-refractivity contribution in [1.82, 2.24) is 9.29 Å². The van der Waals surface area contributed by atoms with Crippen molar-refractivity contribution in [1.29, 1.82) is 0 Å². The number of fused-ring (bicyclic) bond motifs is 1. The SMILES string of the molecule is CC(C)Cn1cc([C@@H](C)NS(=O)(=O)C2CC2)c2cc(F)c(C3CC3)cc21. The zero-order valence-electron chi connectivity index (χ0n) is 15.6. The maximum Gasteiger partial charge on any atom is 0.215 e. The third-order valence-electron chi connectivity index (χ3n) is 5.38. The minimum absolute atomic E-state index is 0.166. The summed E-state index contributed by atoms with van der Waals surface area (Å²) in [5.74, 6) is 0.628. The summed E-state index contributed by atoms with van der Waals surface area (Å²) < 4.78 is 44.3. The first-order chi connectivity index (χ1) is 12.3. The molecule has 4 nitrogen and oxygen atoms in total. The van der Waals surface area contributed by atoms with Gasteiger partial charge >= 0.3 is 0 Å². The van der Waals surface area contributed by atoms with Crippen molar-refractivity contribution in [2.45, 2.75) is 70.2 Å². The largest absolute Gasteiger partial charge is 0.347 e. The number of halogens is 1. The maximum absolute atomic E-state index is 14.7. The minimum Gasteiger partial charge on any atom is -0.347 e. The van der Waals surface area contributed by atoms with Gasteiger partial charge in [-0.05, 0) is 67.7 Å². The molecule has 0 bridgehead atoms. The molecule has 2 aromatic rings. The number of hydrogen-bond acceptors (Lipinski definition) is 2. The second-order valence-corrected chi connectivity index (χ2v) is 10.4. The van der Waals surface area contributed by atoms with Crippen LogP contribution in [0.25, 0.3) is 10.9 Å². The molecule has 0 aliphatic heterocycles. The van der Waals surface area contributed by atoms with E-state index in [1.54, 1.807) is 6.07 Å². The molecule has 1 atom stereocenters. The van der Waals surface area contributed by atoms with Gasteiger partial charge in [-0.3, -0.25) is 0 Å². The van der Waals surface area contributed by atoms with Crippen molar-refractivity contribution >= 4 is 20.9 Å². The fraction of sp³-hybridized carbons (Fsp3) is 0.600. The summed E-state index contributed by atoms with van der Waals surface area (Å²) in [5, 5.41) is 0.561. The molecule has 0 saturated heterocycles. The predicted octanol–water partition coefficient (Wildman–Crippen LogP) is 4.46. The molecule has 1 aromatic heterocycles. The van der Waals surface area contributed by atoms with E-state index in [0.29, 0.717) is 11.8 Å². The smallest absolute Gasteiger partial charge is 0.215 e. The van der Waals surface area contributed by atoms with Gasteiger partial charge in [0, 0.05) is 29.7 Å².